The summed E-state index contributed by atoms with van der Waals surface area (Å²) in [7, 11) is 1.38. The summed E-state index contributed by atoms with van der Waals surface area (Å²) in [6.45, 7) is 1.21. The maximum atomic E-state index is 13.5. The van der Waals surface area contributed by atoms with Gasteiger partial charge in [-0.25, -0.2) is 14.0 Å². The number of benzene rings is 1. The Balaban J connectivity index is 2.78. The van der Waals surface area contributed by atoms with Crippen molar-refractivity contribution in [3.63, 3.8) is 0 Å². The van der Waals surface area contributed by atoms with Crippen molar-refractivity contribution < 1.29 is 28.9 Å². The standard InChI is InChI=1S/C12H15FN2O5/c1-6(16)10(11(17)18)15-12(19)14-9-5-7(20-2)3-4-8(9)13/h3-6,10,16H,1-2H3,(H,17,18)(H2,14,15,19). The lowest BCUT2D eigenvalue weighted by molar-refractivity contribution is -0.141. The van der Waals surface area contributed by atoms with E-state index in [0.717, 1.165) is 6.07 Å². The van der Waals surface area contributed by atoms with Gasteiger partial charge in [0.25, 0.3) is 0 Å². The minimum atomic E-state index is -1.50. The molecular weight excluding hydrogens is 271 g/mol. The smallest absolute Gasteiger partial charge is 0.328 e. The number of halogens is 1. The molecule has 4 N–H and O–H groups in total. The molecule has 110 valence electrons. The van der Waals surface area contributed by atoms with Crippen LogP contribution in [0.4, 0.5) is 14.9 Å². The Morgan fingerprint density at radius 2 is 2.05 bits per heavy atom. The molecule has 2 amide bonds. The summed E-state index contributed by atoms with van der Waals surface area (Å²) in [6, 6.07) is 1.26. The van der Waals surface area contributed by atoms with Crippen LogP contribution in [0.3, 0.4) is 0 Å². The lowest BCUT2D eigenvalue weighted by Crippen LogP contribution is -2.49. The Kier molecular flexibility index (Phi) is 5.27. The molecule has 7 nitrogen and oxygen atoms in total. The number of methoxy groups -OCH3 is 1. The number of aliphatic carboxylic acids is 1. The van der Waals surface area contributed by atoms with Crippen LogP contribution in [-0.2, 0) is 4.79 Å². The van der Waals surface area contributed by atoms with Gasteiger partial charge in [-0.15, -0.1) is 0 Å². The molecule has 20 heavy (non-hydrogen) atoms. The molecule has 8 heteroatoms. The fraction of sp³-hybridized carbons (Fsp3) is 0.333. The number of carboxylic acid groups (broad SMARTS) is 1. The van der Waals surface area contributed by atoms with Crippen LogP contribution in [0, 0.1) is 5.82 Å². The SMILES string of the molecule is COc1ccc(F)c(NC(=O)NC(C(=O)O)C(C)O)c1. The Hall–Kier alpha value is -2.35. The van der Waals surface area contributed by atoms with Gasteiger partial charge in [-0.1, -0.05) is 0 Å². The summed E-state index contributed by atoms with van der Waals surface area (Å²) in [6.07, 6.45) is -1.30. The Morgan fingerprint density at radius 3 is 2.55 bits per heavy atom. The number of anilines is 1. The molecule has 0 aromatic heterocycles. The van der Waals surface area contributed by atoms with Gasteiger partial charge in [-0.2, -0.15) is 0 Å². The third kappa shape index (κ3) is 4.09. The molecule has 0 aliphatic carbocycles. The third-order valence-electron chi connectivity index (χ3n) is 2.46. The fourth-order valence-electron chi connectivity index (χ4n) is 1.42. The van der Waals surface area contributed by atoms with Crippen molar-refractivity contribution in [1.29, 1.82) is 0 Å². The Labute approximate surface area is 114 Å². The average molecular weight is 286 g/mol. The minimum absolute atomic E-state index is 0.170. The summed E-state index contributed by atoms with van der Waals surface area (Å²) < 4.78 is 18.3. The first-order valence-corrected chi connectivity index (χ1v) is 5.67. The fourth-order valence-corrected chi connectivity index (χ4v) is 1.42. The van der Waals surface area contributed by atoms with Gasteiger partial charge in [0.15, 0.2) is 6.04 Å². The molecule has 0 saturated heterocycles. The number of urea groups is 1. The number of hydrogen-bond donors (Lipinski definition) is 4. The monoisotopic (exact) mass is 286 g/mol. The van der Waals surface area contributed by atoms with E-state index < -0.39 is 30.0 Å². The zero-order valence-electron chi connectivity index (χ0n) is 10.9. The van der Waals surface area contributed by atoms with Crippen molar-refractivity contribution in [3.8, 4) is 5.75 Å². The van der Waals surface area contributed by atoms with Gasteiger partial charge < -0.3 is 25.6 Å². The molecule has 0 spiro atoms. The van der Waals surface area contributed by atoms with E-state index in [9.17, 15) is 19.1 Å². The van der Waals surface area contributed by atoms with Gasteiger partial charge in [-0.3, -0.25) is 0 Å². The van der Waals surface area contributed by atoms with Gasteiger partial charge in [-0.05, 0) is 19.1 Å². The Morgan fingerprint density at radius 1 is 1.40 bits per heavy atom. The second-order valence-corrected chi connectivity index (χ2v) is 4.00. The molecule has 1 aromatic rings. The number of carboxylic acids is 1. The van der Waals surface area contributed by atoms with Crippen molar-refractivity contribution >= 4 is 17.7 Å². The summed E-state index contributed by atoms with van der Waals surface area (Å²) >= 11 is 0. The van der Waals surface area contributed by atoms with E-state index in [1.807, 2.05) is 5.32 Å². The molecular formula is C12H15FN2O5. The predicted octanol–water partition coefficient (Wildman–Crippen LogP) is 0.790. The molecule has 0 radical (unpaired) electrons. The van der Waals surface area contributed by atoms with Crippen molar-refractivity contribution in [2.24, 2.45) is 0 Å². The number of hydrogen-bond acceptors (Lipinski definition) is 4. The van der Waals surface area contributed by atoms with Gasteiger partial charge in [0.2, 0.25) is 0 Å². The highest BCUT2D eigenvalue weighted by atomic mass is 19.1. The minimum Gasteiger partial charge on any atom is -0.497 e. The summed E-state index contributed by atoms with van der Waals surface area (Å²) in [5.41, 5.74) is -0.170. The molecule has 0 heterocycles. The first-order chi connectivity index (χ1) is 9.35. The molecule has 2 unspecified atom stereocenters. The number of aliphatic hydroxyl groups excluding tert-OH is 1. The van der Waals surface area contributed by atoms with Crippen molar-refractivity contribution in [2.45, 2.75) is 19.1 Å². The van der Waals surface area contributed by atoms with Crippen LogP contribution in [-0.4, -0.2) is 41.5 Å². The molecule has 1 rings (SSSR count). The van der Waals surface area contributed by atoms with Crippen LogP contribution in [0.15, 0.2) is 18.2 Å². The van der Waals surface area contributed by atoms with E-state index >= 15 is 0 Å². The lowest BCUT2D eigenvalue weighted by atomic mass is 10.2. The van der Waals surface area contributed by atoms with E-state index in [0.29, 0.717) is 5.75 Å². The number of carbonyl (C=O) groups is 2. The molecule has 2 atom stereocenters. The first kappa shape index (κ1) is 15.7. The summed E-state index contributed by atoms with van der Waals surface area (Å²) in [5.74, 6) is -1.78. The predicted molar refractivity (Wildman–Crippen MR) is 68.2 cm³/mol. The van der Waals surface area contributed by atoms with Crippen LogP contribution >= 0.6 is 0 Å². The lowest BCUT2D eigenvalue weighted by Gasteiger charge is -2.17. The topological polar surface area (TPSA) is 108 Å². The molecule has 0 aliphatic rings. The van der Waals surface area contributed by atoms with Crippen LogP contribution in [0.25, 0.3) is 0 Å². The summed E-state index contributed by atoms with van der Waals surface area (Å²) in [4.78, 5) is 22.4. The maximum Gasteiger partial charge on any atom is 0.328 e. The zero-order chi connectivity index (χ0) is 15.3. The number of rotatable bonds is 5. The van der Waals surface area contributed by atoms with E-state index in [1.165, 1.54) is 26.2 Å². The maximum absolute atomic E-state index is 13.5. The van der Waals surface area contributed by atoms with Gasteiger partial charge in [0, 0.05) is 6.07 Å². The molecule has 0 aliphatic heterocycles. The largest absolute Gasteiger partial charge is 0.497 e. The molecule has 1 aromatic carbocycles. The quantitative estimate of drug-likeness (QED) is 0.640. The number of amides is 2. The number of ether oxygens (including phenoxy) is 1. The second-order valence-electron chi connectivity index (χ2n) is 4.00. The van der Waals surface area contributed by atoms with E-state index in [4.69, 9.17) is 9.84 Å². The van der Waals surface area contributed by atoms with E-state index in [1.54, 1.807) is 0 Å². The molecule has 0 saturated carbocycles. The van der Waals surface area contributed by atoms with E-state index in [-0.39, 0.29) is 5.69 Å². The van der Waals surface area contributed by atoms with Crippen molar-refractivity contribution in [3.05, 3.63) is 24.0 Å². The molecule has 0 bridgehead atoms. The summed E-state index contributed by atoms with van der Waals surface area (Å²) in [5, 5.41) is 22.2. The highest BCUT2D eigenvalue weighted by molar-refractivity contribution is 5.92. The first-order valence-electron chi connectivity index (χ1n) is 5.67. The van der Waals surface area contributed by atoms with Gasteiger partial charge >= 0.3 is 12.0 Å². The number of nitrogens with one attached hydrogen (secondary N) is 2. The van der Waals surface area contributed by atoms with E-state index in [2.05, 4.69) is 5.32 Å². The van der Waals surface area contributed by atoms with Crippen molar-refractivity contribution in [2.75, 3.05) is 12.4 Å². The average Bonchev–Trinajstić information content (AvgIpc) is 2.37. The van der Waals surface area contributed by atoms with Crippen molar-refractivity contribution in [1.82, 2.24) is 5.32 Å². The van der Waals surface area contributed by atoms with Gasteiger partial charge in [0.05, 0.1) is 18.9 Å². The highest BCUT2D eigenvalue weighted by Crippen LogP contribution is 2.20. The van der Waals surface area contributed by atoms with Crippen LogP contribution < -0.4 is 15.4 Å². The number of aliphatic hydroxyl groups is 1. The second kappa shape index (κ2) is 6.71. The normalized spacial score (nSPS) is 13.2. The van der Waals surface area contributed by atoms with Crippen LogP contribution in [0.5, 0.6) is 5.75 Å². The van der Waals surface area contributed by atoms with Crippen LogP contribution in [0.1, 0.15) is 6.92 Å². The van der Waals surface area contributed by atoms with Crippen LogP contribution in [0.2, 0.25) is 0 Å². The van der Waals surface area contributed by atoms with Gasteiger partial charge in [0.1, 0.15) is 11.6 Å². The highest BCUT2D eigenvalue weighted by Gasteiger charge is 2.25. The Bertz CT molecular complexity index is 507. The molecule has 0 fully saturated rings. The zero-order valence-corrected chi connectivity index (χ0v) is 10.9. The third-order valence-corrected chi connectivity index (χ3v) is 2.46. The number of carbonyl (C=O) groups excluding carboxylic acids is 1.